The Morgan fingerprint density at radius 1 is 1.22 bits per heavy atom. The molecule has 2 N–H and O–H groups in total. The first kappa shape index (κ1) is 17.8. The molecule has 2 unspecified atom stereocenters. The molecule has 6 heteroatoms. The van der Waals surface area contributed by atoms with Gasteiger partial charge in [-0.3, -0.25) is 4.79 Å². The van der Waals surface area contributed by atoms with Crippen LogP contribution in [0.1, 0.15) is 37.3 Å². The first-order valence-corrected chi connectivity index (χ1v) is 8.00. The van der Waals surface area contributed by atoms with E-state index in [9.17, 15) is 18.0 Å². The van der Waals surface area contributed by atoms with E-state index in [1.54, 1.807) is 0 Å². The van der Waals surface area contributed by atoms with Crippen LogP contribution in [-0.4, -0.2) is 35.6 Å². The van der Waals surface area contributed by atoms with Crippen LogP contribution in [0.25, 0.3) is 0 Å². The number of nitrogens with two attached hydrogens (primary N) is 1. The molecule has 1 saturated heterocycles. The van der Waals surface area contributed by atoms with Crippen molar-refractivity contribution >= 4 is 5.91 Å². The second-order valence-corrected chi connectivity index (χ2v) is 6.11. The minimum atomic E-state index is -4.39. The number of rotatable bonds is 4. The molecule has 1 heterocycles. The van der Waals surface area contributed by atoms with E-state index in [2.05, 4.69) is 6.92 Å². The van der Waals surface area contributed by atoms with Crippen LogP contribution in [0, 0.1) is 0 Å². The summed E-state index contributed by atoms with van der Waals surface area (Å²) in [5.41, 5.74) is 7.90. The van der Waals surface area contributed by atoms with Gasteiger partial charge in [-0.15, -0.1) is 0 Å². The van der Waals surface area contributed by atoms with Gasteiger partial charge in [-0.2, -0.15) is 13.2 Å². The Bertz CT molecular complexity index is 528. The van der Waals surface area contributed by atoms with Crippen LogP contribution in [0.5, 0.6) is 0 Å². The van der Waals surface area contributed by atoms with Crippen LogP contribution < -0.4 is 5.73 Å². The normalized spacial score (nSPS) is 22.2. The van der Waals surface area contributed by atoms with Crippen molar-refractivity contribution in [2.45, 2.75) is 57.3 Å². The molecular weight excluding hydrogens is 305 g/mol. The predicted octanol–water partition coefficient (Wildman–Crippen LogP) is 3.06. The molecular formula is C17H23F3N2O. The molecule has 1 aliphatic rings. The number of amides is 1. The number of carbonyl (C=O) groups excluding carboxylic acids is 1. The lowest BCUT2D eigenvalue weighted by Crippen LogP contribution is -2.56. The van der Waals surface area contributed by atoms with Gasteiger partial charge in [-0.1, -0.05) is 31.2 Å². The molecule has 1 fully saturated rings. The average Bonchev–Trinajstić information content (AvgIpc) is 2.51. The molecule has 0 aromatic heterocycles. The van der Waals surface area contributed by atoms with Crippen molar-refractivity contribution in [1.29, 1.82) is 0 Å². The summed E-state index contributed by atoms with van der Waals surface area (Å²) < 4.78 is 39.3. The van der Waals surface area contributed by atoms with Gasteiger partial charge in [0.15, 0.2) is 0 Å². The van der Waals surface area contributed by atoms with Gasteiger partial charge >= 0.3 is 6.18 Å². The first-order chi connectivity index (χ1) is 10.8. The van der Waals surface area contributed by atoms with Gasteiger partial charge in [0, 0.05) is 19.0 Å². The molecule has 0 aliphatic carbocycles. The summed E-state index contributed by atoms with van der Waals surface area (Å²) >= 11 is 0. The third-order valence-corrected chi connectivity index (χ3v) is 4.38. The van der Waals surface area contributed by atoms with Crippen LogP contribution >= 0.6 is 0 Å². The zero-order valence-electron chi connectivity index (χ0n) is 13.3. The number of piperidine rings is 1. The van der Waals surface area contributed by atoms with E-state index < -0.39 is 18.1 Å². The molecule has 1 aromatic rings. The summed E-state index contributed by atoms with van der Waals surface area (Å²) in [7, 11) is 0. The topological polar surface area (TPSA) is 46.3 Å². The fourth-order valence-corrected chi connectivity index (χ4v) is 2.95. The zero-order chi connectivity index (χ0) is 17.0. The zero-order valence-corrected chi connectivity index (χ0v) is 13.3. The molecule has 0 spiro atoms. The van der Waals surface area contributed by atoms with Gasteiger partial charge in [0.25, 0.3) is 0 Å². The highest BCUT2D eigenvalue weighted by atomic mass is 19.4. The van der Waals surface area contributed by atoms with E-state index in [0.29, 0.717) is 12.8 Å². The van der Waals surface area contributed by atoms with Gasteiger partial charge in [-0.25, -0.2) is 0 Å². The predicted molar refractivity (Wildman–Crippen MR) is 82.9 cm³/mol. The van der Waals surface area contributed by atoms with Crippen molar-refractivity contribution in [3.63, 3.8) is 0 Å². The molecule has 3 nitrogen and oxygen atoms in total. The van der Waals surface area contributed by atoms with Gasteiger partial charge in [-0.05, 0) is 36.8 Å². The average molecular weight is 328 g/mol. The van der Waals surface area contributed by atoms with Gasteiger partial charge in [0.05, 0.1) is 0 Å². The monoisotopic (exact) mass is 328 g/mol. The molecule has 128 valence electrons. The number of hydrogen-bond donors (Lipinski definition) is 1. The van der Waals surface area contributed by atoms with E-state index in [4.69, 9.17) is 5.73 Å². The van der Waals surface area contributed by atoms with Crippen LogP contribution in [0.4, 0.5) is 13.2 Å². The Hall–Kier alpha value is -1.56. The van der Waals surface area contributed by atoms with E-state index in [1.165, 1.54) is 5.56 Å². The summed E-state index contributed by atoms with van der Waals surface area (Å²) in [5, 5.41) is 0. The van der Waals surface area contributed by atoms with Crippen molar-refractivity contribution in [2.24, 2.45) is 5.73 Å². The number of likely N-dealkylation sites (tertiary alicyclic amines) is 1. The smallest absolute Gasteiger partial charge is 0.329 e. The Balaban J connectivity index is 1.99. The van der Waals surface area contributed by atoms with Crippen molar-refractivity contribution in [3.8, 4) is 0 Å². The molecule has 0 bridgehead atoms. The lowest BCUT2D eigenvalue weighted by atomic mass is 9.97. The Kier molecular flexibility index (Phi) is 5.68. The highest BCUT2D eigenvalue weighted by Gasteiger charge is 2.47. The van der Waals surface area contributed by atoms with Crippen molar-refractivity contribution < 1.29 is 18.0 Å². The van der Waals surface area contributed by atoms with Crippen LogP contribution in [-0.2, 0) is 17.6 Å². The fraction of sp³-hybridized carbons (Fsp3) is 0.588. The first-order valence-electron chi connectivity index (χ1n) is 8.00. The molecule has 0 radical (unpaired) electrons. The summed E-state index contributed by atoms with van der Waals surface area (Å²) in [4.78, 5) is 13.2. The maximum Gasteiger partial charge on any atom is 0.408 e. The third kappa shape index (κ3) is 4.70. The summed E-state index contributed by atoms with van der Waals surface area (Å²) in [6.45, 7) is 2.03. The Morgan fingerprint density at radius 3 is 2.39 bits per heavy atom. The van der Waals surface area contributed by atoms with Crippen LogP contribution in [0.2, 0.25) is 0 Å². The van der Waals surface area contributed by atoms with Crippen LogP contribution in [0.15, 0.2) is 24.3 Å². The largest absolute Gasteiger partial charge is 0.408 e. The van der Waals surface area contributed by atoms with E-state index in [-0.39, 0.29) is 25.4 Å². The van der Waals surface area contributed by atoms with E-state index >= 15 is 0 Å². The second-order valence-electron chi connectivity index (χ2n) is 6.11. The standard InChI is InChI=1S/C17H23F3N2O/c1-2-12-3-5-13(6-4-12)7-10-16(23)22-11-14(21)8-9-15(22)17(18,19)20/h3-6,14-15H,2,7-11,21H2,1H3. The lowest BCUT2D eigenvalue weighted by molar-refractivity contribution is -0.196. The van der Waals surface area contributed by atoms with Crippen molar-refractivity contribution in [1.82, 2.24) is 4.90 Å². The summed E-state index contributed by atoms with van der Waals surface area (Å²) in [5.74, 6) is -0.470. The van der Waals surface area contributed by atoms with Crippen LogP contribution in [0.3, 0.4) is 0 Å². The number of benzene rings is 1. The highest BCUT2D eigenvalue weighted by molar-refractivity contribution is 5.77. The maximum atomic E-state index is 13.1. The maximum absolute atomic E-state index is 13.1. The summed E-state index contributed by atoms with van der Waals surface area (Å²) in [6, 6.07) is 5.74. The molecule has 2 rings (SSSR count). The van der Waals surface area contributed by atoms with Gasteiger partial charge in [0.1, 0.15) is 6.04 Å². The number of hydrogen-bond acceptors (Lipinski definition) is 2. The van der Waals surface area contributed by atoms with E-state index in [0.717, 1.165) is 16.9 Å². The minimum absolute atomic E-state index is 0.0161. The molecule has 23 heavy (non-hydrogen) atoms. The Morgan fingerprint density at radius 2 is 1.83 bits per heavy atom. The minimum Gasteiger partial charge on any atom is -0.329 e. The highest BCUT2D eigenvalue weighted by Crippen LogP contribution is 2.32. The van der Waals surface area contributed by atoms with Gasteiger partial charge < -0.3 is 10.6 Å². The molecule has 1 aliphatic heterocycles. The number of alkyl halides is 3. The molecule has 0 saturated carbocycles. The molecule has 2 atom stereocenters. The van der Waals surface area contributed by atoms with E-state index in [1.807, 2.05) is 24.3 Å². The fourth-order valence-electron chi connectivity index (χ4n) is 2.95. The number of carbonyl (C=O) groups is 1. The quantitative estimate of drug-likeness (QED) is 0.923. The van der Waals surface area contributed by atoms with Gasteiger partial charge in [0.2, 0.25) is 5.91 Å². The molecule has 1 amide bonds. The number of aryl methyl sites for hydroxylation is 2. The lowest BCUT2D eigenvalue weighted by Gasteiger charge is -2.39. The SMILES string of the molecule is CCc1ccc(CCC(=O)N2CC(N)CCC2C(F)(F)F)cc1. The third-order valence-electron chi connectivity index (χ3n) is 4.38. The second kappa shape index (κ2) is 7.34. The summed E-state index contributed by atoms with van der Waals surface area (Å²) in [6.07, 6.45) is -2.76. The number of nitrogens with zero attached hydrogens (tertiary/aromatic N) is 1. The number of halogens is 3. The van der Waals surface area contributed by atoms with Crippen molar-refractivity contribution in [2.75, 3.05) is 6.54 Å². The Labute approximate surface area is 134 Å². The molecule has 1 aromatic carbocycles. The van der Waals surface area contributed by atoms with Crippen molar-refractivity contribution in [3.05, 3.63) is 35.4 Å².